The first-order valence-electron chi connectivity index (χ1n) is 6.38. The van der Waals surface area contributed by atoms with E-state index in [2.05, 4.69) is 18.1 Å². The van der Waals surface area contributed by atoms with E-state index in [9.17, 15) is 9.90 Å². The number of halogens is 2. The summed E-state index contributed by atoms with van der Waals surface area (Å²) in [4.78, 5) is 12.1. The fourth-order valence-electron chi connectivity index (χ4n) is 2.29. The molecule has 0 atom stereocenters. The highest BCUT2D eigenvalue weighted by Gasteiger charge is 2.25. The first-order chi connectivity index (χ1) is 9.41. The van der Waals surface area contributed by atoms with Crippen LogP contribution in [-0.2, 0) is 0 Å². The standard InChI is InChI=1S/C13H16Cl2N2O2S/c1-7-9(14)6-10(12(18)11(7)15)16-13(19)17(20)8-4-2-3-5-8/h6,8,18,20H,2-5H2,1H3,(H,16,19). The lowest BCUT2D eigenvalue weighted by molar-refractivity contribution is 0.229. The van der Waals surface area contributed by atoms with Gasteiger partial charge in [-0.2, -0.15) is 0 Å². The van der Waals surface area contributed by atoms with Crippen molar-refractivity contribution in [3.63, 3.8) is 0 Å². The Morgan fingerprint density at radius 2 is 2.05 bits per heavy atom. The second-order valence-corrected chi connectivity index (χ2v) is 6.12. The van der Waals surface area contributed by atoms with Gasteiger partial charge in [-0.3, -0.25) is 4.31 Å². The second-order valence-electron chi connectivity index (χ2n) is 4.91. The zero-order valence-electron chi connectivity index (χ0n) is 11.0. The smallest absolute Gasteiger partial charge is 0.332 e. The summed E-state index contributed by atoms with van der Waals surface area (Å²) in [6.07, 6.45) is 4.08. The predicted molar refractivity (Wildman–Crippen MR) is 85.0 cm³/mol. The molecule has 0 unspecified atom stereocenters. The fourth-order valence-corrected chi connectivity index (χ4v) is 3.02. The van der Waals surface area contributed by atoms with E-state index >= 15 is 0 Å². The van der Waals surface area contributed by atoms with Gasteiger partial charge in [0.15, 0.2) is 5.75 Å². The van der Waals surface area contributed by atoms with Gasteiger partial charge < -0.3 is 10.4 Å². The SMILES string of the molecule is Cc1c(Cl)cc(NC(=O)N(S)C2CCCC2)c(O)c1Cl. The molecular formula is C13H16Cl2N2O2S. The molecule has 2 amide bonds. The monoisotopic (exact) mass is 334 g/mol. The molecule has 4 nitrogen and oxygen atoms in total. The van der Waals surface area contributed by atoms with Crippen LogP contribution in [0.5, 0.6) is 5.75 Å². The summed E-state index contributed by atoms with van der Waals surface area (Å²) >= 11 is 16.2. The quantitative estimate of drug-likeness (QED) is 0.545. The van der Waals surface area contributed by atoms with Gasteiger partial charge in [-0.25, -0.2) is 4.79 Å². The molecule has 0 radical (unpaired) electrons. The second kappa shape index (κ2) is 6.33. The number of urea groups is 1. The molecule has 2 rings (SSSR count). The summed E-state index contributed by atoms with van der Waals surface area (Å²) in [5.41, 5.74) is 0.759. The number of hydrogen-bond donors (Lipinski definition) is 3. The van der Waals surface area contributed by atoms with Gasteiger partial charge in [0.2, 0.25) is 0 Å². The van der Waals surface area contributed by atoms with E-state index in [-0.39, 0.29) is 22.5 Å². The lowest BCUT2D eigenvalue weighted by Crippen LogP contribution is -2.34. The minimum Gasteiger partial charge on any atom is -0.504 e. The van der Waals surface area contributed by atoms with Gasteiger partial charge in [0.25, 0.3) is 0 Å². The van der Waals surface area contributed by atoms with Crippen LogP contribution in [0.4, 0.5) is 10.5 Å². The minimum absolute atomic E-state index is 0.122. The molecule has 0 saturated heterocycles. The molecule has 20 heavy (non-hydrogen) atoms. The molecule has 2 N–H and O–H groups in total. The summed E-state index contributed by atoms with van der Waals surface area (Å²) in [6, 6.07) is 1.20. The maximum Gasteiger partial charge on any atom is 0.332 e. The molecule has 0 spiro atoms. The van der Waals surface area contributed by atoms with Crippen molar-refractivity contribution < 1.29 is 9.90 Å². The van der Waals surface area contributed by atoms with E-state index in [0.29, 0.717) is 10.6 Å². The Hall–Kier alpha value is -0.780. The summed E-state index contributed by atoms with van der Waals surface area (Å²) in [7, 11) is 0. The topological polar surface area (TPSA) is 52.6 Å². The number of phenolic OH excluding ortho intramolecular Hbond substituents is 1. The summed E-state index contributed by atoms with van der Waals surface area (Å²) < 4.78 is 1.37. The molecule has 1 aromatic rings. The first-order valence-corrected chi connectivity index (χ1v) is 7.54. The fraction of sp³-hybridized carbons (Fsp3) is 0.462. The van der Waals surface area contributed by atoms with E-state index in [1.165, 1.54) is 10.4 Å². The molecule has 1 fully saturated rings. The molecule has 0 aliphatic heterocycles. The highest BCUT2D eigenvalue weighted by molar-refractivity contribution is 7.78. The normalized spacial score (nSPS) is 15.4. The van der Waals surface area contributed by atoms with Gasteiger partial charge in [0.05, 0.1) is 10.7 Å². The number of amides is 2. The van der Waals surface area contributed by atoms with Gasteiger partial charge >= 0.3 is 6.03 Å². The Bertz CT molecular complexity index is 534. The zero-order chi connectivity index (χ0) is 14.9. The number of phenols is 1. The highest BCUT2D eigenvalue weighted by Crippen LogP contribution is 2.39. The Kier molecular flexibility index (Phi) is 4.94. The average Bonchev–Trinajstić information content (AvgIpc) is 2.95. The lowest BCUT2D eigenvalue weighted by atomic mass is 10.2. The number of anilines is 1. The maximum absolute atomic E-state index is 12.1. The molecule has 1 aliphatic carbocycles. The summed E-state index contributed by atoms with van der Waals surface area (Å²) in [5.74, 6) is -0.185. The number of rotatable bonds is 2. The zero-order valence-corrected chi connectivity index (χ0v) is 13.4. The maximum atomic E-state index is 12.1. The number of nitrogens with one attached hydrogen (secondary N) is 1. The van der Waals surface area contributed by atoms with Gasteiger partial charge in [0, 0.05) is 11.1 Å². The number of nitrogens with zero attached hydrogens (tertiary/aromatic N) is 1. The average molecular weight is 335 g/mol. The molecule has 1 aliphatic rings. The van der Waals surface area contributed by atoms with Crippen LogP contribution in [0.15, 0.2) is 6.07 Å². The number of thiol groups is 1. The number of aromatic hydroxyl groups is 1. The van der Waals surface area contributed by atoms with Crippen molar-refractivity contribution in [1.29, 1.82) is 0 Å². The third kappa shape index (κ3) is 3.10. The number of hydrogen-bond acceptors (Lipinski definition) is 3. The molecular weight excluding hydrogens is 319 g/mol. The highest BCUT2D eigenvalue weighted by atomic mass is 35.5. The van der Waals surface area contributed by atoms with E-state index in [4.69, 9.17) is 23.2 Å². The van der Waals surface area contributed by atoms with Crippen molar-refractivity contribution in [3.05, 3.63) is 21.7 Å². The first kappa shape index (κ1) is 15.6. The van der Waals surface area contributed by atoms with Crippen molar-refractivity contribution in [2.24, 2.45) is 0 Å². The largest absolute Gasteiger partial charge is 0.504 e. The molecule has 1 aromatic carbocycles. The van der Waals surface area contributed by atoms with Crippen LogP contribution >= 0.6 is 36.0 Å². The number of carbonyl (C=O) groups is 1. The summed E-state index contributed by atoms with van der Waals surface area (Å²) in [5, 5.41) is 13.1. The summed E-state index contributed by atoms with van der Waals surface area (Å²) in [6.45, 7) is 1.69. The van der Waals surface area contributed by atoms with Gasteiger partial charge in [-0.05, 0) is 31.4 Å². The van der Waals surface area contributed by atoms with E-state index in [0.717, 1.165) is 25.7 Å². The van der Waals surface area contributed by atoms with E-state index < -0.39 is 6.03 Å². The van der Waals surface area contributed by atoms with Crippen LogP contribution in [0.3, 0.4) is 0 Å². The van der Waals surface area contributed by atoms with Crippen molar-refractivity contribution in [1.82, 2.24) is 4.31 Å². The predicted octanol–water partition coefficient (Wildman–Crippen LogP) is 4.63. The van der Waals surface area contributed by atoms with Crippen molar-refractivity contribution in [3.8, 4) is 5.75 Å². The Morgan fingerprint density at radius 3 is 2.65 bits per heavy atom. The van der Waals surface area contributed by atoms with Crippen LogP contribution in [0.2, 0.25) is 10.0 Å². The van der Waals surface area contributed by atoms with Crippen molar-refractivity contribution in [2.75, 3.05) is 5.32 Å². The van der Waals surface area contributed by atoms with Crippen LogP contribution in [0, 0.1) is 6.92 Å². The molecule has 110 valence electrons. The molecule has 0 aromatic heterocycles. The van der Waals surface area contributed by atoms with Gasteiger partial charge in [-0.15, -0.1) is 0 Å². The van der Waals surface area contributed by atoms with Crippen molar-refractivity contribution >= 4 is 47.7 Å². The molecule has 0 bridgehead atoms. The minimum atomic E-state index is -0.397. The van der Waals surface area contributed by atoms with Crippen LogP contribution < -0.4 is 5.32 Å². The van der Waals surface area contributed by atoms with E-state index in [1.807, 2.05) is 0 Å². The third-order valence-corrected chi connectivity index (χ3v) is 4.91. The van der Waals surface area contributed by atoms with Crippen LogP contribution in [0.1, 0.15) is 31.2 Å². The lowest BCUT2D eigenvalue weighted by Gasteiger charge is -2.23. The van der Waals surface area contributed by atoms with Gasteiger partial charge in [0.1, 0.15) is 0 Å². The molecule has 7 heteroatoms. The third-order valence-electron chi connectivity index (χ3n) is 3.54. The Morgan fingerprint density at radius 1 is 1.45 bits per heavy atom. The Balaban J connectivity index is 2.15. The Labute approximate surface area is 133 Å². The number of carbonyl (C=O) groups excluding carboxylic acids is 1. The van der Waals surface area contributed by atoms with E-state index in [1.54, 1.807) is 6.92 Å². The number of benzene rings is 1. The molecule has 0 heterocycles. The van der Waals surface area contributed by atoms with Gasteiger partial charge in [-0.1, -0.05) is 48.9 Å². The van der Waals surface area contributed by atoms with Crippen LogP contribution in [-0.4, -0.2) is 21.5 Å². The molecule has 1 saturated carbocycles. The van der Waals surface area contributed by atoms with Crippen LogP contribution in [0.25, 0.3) is 0 Å². The van der Waals surface area contributed by atoms with Crippen molar-refractivity contribution in [2.45, 2.75) is 38.6 Å².